The lowest BCUT2D eigenvalue weighted by Crippen LogP contribution is -2.12. The summed E-state index contributed by atoms with van der Waals surface area (Å²) < 4.78 is 0. The lowest BCUT2D eigenvalue weighted by Gasteiger charge is -2.08. The minimum absolute atomic E-state index is 0.368. The summed E-state index contributed by atoms with van der Waals surface area (Å²) in [5.41, 5.74) is 2.41. The summed E-state index contributed by atoms with van der Waals surface area (Å²) in [6.07, 6.45) is 12.0. The number of unbranched alkanes of at least 4 members (excludes halogenated alkanes) is 7. The van der Waals surface area contributed by atoms with Crippen LogP contribution in [0.3, 0.4) is 0 Å². The van der Waals surface area contributed by atoms with Crippen LogP contribution in [-0.4, -0.2) is 16.5 Å². The van der Waals surface area contributed by atoms with Crippen molar-refractivity contribution in [3.8, 4) is 0 Å². The molecule has 0 aliphatic carbocycles. The van der Waals surface area contributed by atoms with Crippen molar-refractivity contribution in [1.82, 2.24) is 9.97 Å². The van der Waals surface area contributed by atoms with E-state index in [0.29, 0.717) is 16.8 Å². The van der Waals surface area contributed by atoms with Crippen LogP contribution in [0.5, 0.6) is 0 Å². The summed E-state index contributed by atoms with van der Waals surface area (Å²) in [6, 6.07) is 0. The zero-order valence-corrected chi connectivity index (χ0v) is 13.0. The van der Waals surface area contributed by atoms with Crippen molar-refractivity contribution in [2.75, 3.05) is 17.3 Å². The van der Waals surface area contributed by atoms with Crippen molar-refractivity contribution in [3.63, 3.8) is 0 Å². The van der Waals surface area contributed by atoms with Crippen LogP contribution >= 0.6 is 11.6 Å². The van der Waals surface area contributed by atoms with Gasteiger partial charge in [-0.2, -0.15) is 4.98 Å². The van der Waals surface area contributed by atoms with E-state index in [1.165, 1.54) is 44.9 Å². The molecule has 1 aromatic heterocycles. The van der Waals surface area contributed by atoms with Crippen molar-refractivity contribution in [1.29, 1.82) is 0 Å². The third kappa shape index (κ3) is 6.91. The van der Waals surface area contributed by atoms with E-state index in [-0.39, 0.29) is 0 Å². The summed E-state index contributed by atoms with van der Waals surface area (Å²) in [5, 5.41) is 3.74. The first-order valence-corrected chi connectivity index (χ1v) is 7.88. The van der Waals surface area contributed by atoms with Crippen molar-refractivity contribution in [2.24, 2.45) is 5.84 Å². The Kier molecular flexibility index (Phi) is 9.07. The van der Waals surface area contributed by atoms with Crippen LogP contribution in [0.4, 0.5) is 11.8 Å². The number of nitrogen functional groups attached to an aromatic ring is 1. The van der Waals surface area contributed by atoms with Crippen LogP contribution in [0.1, 0.15) is 58.3 Å². The molecule has 6 heteroatoms. The Hall–Kier alpha value is -1.07. The van der Waals surface area contributed by atoms with Gasteiger partial charge in [-0.15, -0.1) is 0 Å². The predicted octanol–water partition coefficient (Wildman–Crippen LogP) is 3.97. The second kappa shape index (κ2) is 10.7. The second-order valence-electron chi connectivity index (χ2n) is 4.94. The summed E-state index contributed by atoms with van der Waals surface area (Å²) in [4.78, 5) is 8.10. The predicted molar refractivity (Wildman–Crippen MR) is 86.0 cm³/mol. The zero-order chi connectivity index (χ0) is 14.6. The first-order valence-electron chi connectivity index (χ1n) is 7.51. The van der Waals surface area contributed by atoms with Gasteiger partial charge < -0.3 is 5.32 Å². The Morgan fingerprint density at radius 3 is 2.40 bits per heavy atom. The molecule has 0 aromatic carbocycles. The van der Waals surface area contributed by atoms with Gasteiger partial charge in [-0.3, -0.25) is 5.43 Å². The maximum atomic E-state index is 6.01. The van der Waals surface area contributed by atoms with Crippen molar-refractivity contribution in [2.45, 2.75) is 58.3 Å². The number of nitrogens with zero attached hydrogens (tertiary/aromatic N) is 2. The minimum atomic E-state index is 0.368. The average Bonchev–Trinajstić information content (AvgIpc) is 2.47. The molecule has 0 unspecified atom stereocenters. The number of rotatable bonds is 11. The van der Waals surface area contributed by atoms with Crippen LogP contribution < -0.4 is 16.6 Å². The van der Waals surface area contributed by atoms with E-state index in [2.05, 4.69) is 27.6 Å². The fourth-order valence-corrected chi connectivity index (χ4v) is 2.18. The van der Waals surface area contributed by atoms with Crippen LogP contribution in [0.15, 0.2) is 6.20 Å². The molecule has 0 amide bonds. The number of hydrogen-bond acceptors (Lipinski definition) is 5. The quantitative estimate of drug-likeness (QED) is 0.327. The van der Waals surface area contributed by atoms with Gasteiger partial charge in [0.2, 0.25) is 5.95 Å². The Balaban J connectivity index is 2.09. The SMILES string of the molecule is CCCCCCCCCCNc1nc(NN)ncc1Cl. The Morgan fingerprint density at radius 2 is 1.75 bits per heavy atom. The van der Waals surface area contributed by atoms with Crippen molar-refractivity contribution < 1.29 is 0 Å². The van der Waals surface area contributed by atoms with Gasteiger partial charge in [0.05, 0.1) is 6.20 Å². The lowest BCUT2D eigenvalue weighted by molar-refractivity contribution is 0.581. The number of nitrogens with one attached hydrogen (secondary N) is 2. The van der Waals surface area contributed by atoms with E-state index in [1.807, 2.05) is 0 Å². The Bertz CT molecular complexity index is 373. The number of anilines is 2. The van der Waals surface area contributed by atoms with Gasteiger partial charge in [0, 0.05) is 6.54 Å². The van der Waals surface area contributed by atoms with Gasteiger partial charge in [0.25, 0.3) is 0 Å². The molecule has 0 aliphatic rings. The third-order valence-electron chi connectivity index (χ3n) is 3.20. The first kappa shape index (κ1) is 17.0. The van der Waals surface area contributed by atoms with E-state index in [9.17, 15) is 0 Å². The van der Waals surface area contributed by atoms with Crippen LogP contribution in [0, 0.1) is 0 Å². The average molecular weight is 300 g/mol. The molecule has 0 saturated carbocycles. The first-order chi connectivity index (χ1) is 9.77. The number of hydrazine groups is 1. The topological polar surface area (TPSA) is 75.9 Å². The molecule has 1 heterocycles. The fraction of sp³-hybridized carbons (Fsp3) is 0.714. The second-order valence-corrected chi connectivity index (χ2v) is 5.34. The lowest BCUT2D eigenvalue weighted by atomic mass is 10.1. The van der Waals surface area contributed by atoms with E-state index >= 15 is 0 Å². The number of hydrogen-bond donors (Lipinski definition) is 3. The Morgan fingerprint density at radius 1 is 1.10 bits per heavy atom. The molecule has 0 spiro atoms. The number of aromatic nitrogens is 2. The molecule has 4 N–H and O–H groups in total. The van der Waals surface area contributed by atoms with Gasteiger partial charge in [-0.25, -0.2) is 10.8 Å². The third-order valence-corrected chi connectivity index (χ3v) is 3.47. The Labute approximate surface area is 126 Å². The zero-order valence-electron chi connectivity index (χ0n) is 12.3. The maximum absolute atomic E-state index is 6.01. The fourth-order valence-electron chi connectivity index (χ4n) is 2.03. The smallest absolute Gasteiger partial charge is 0.239 e. The highest BCUT2D eigenvalue weighted by molar-refractivity contribution is 6.32. The van der Waals surface area contributed by atoms with Crippen LogP contribution in [0.25, 0.3) is 0 Å². The van der Waals surface area contributed by atoms with Gasteiger partial charge in [-0.05, 0) is 6.42 Å². The molecule has 1 aromatic rings. The van der Waals surface area contributed by atoms with Crippen LogP contribution in [-0.2, 0) is 0 Å². The number of nitrogens with two attached hydrogens (primary N) is 1. The monoisotopic (exact) mass is 299 g/mol. The van der Waals surface area contributed by atoms with E-state index in [0.717, 1.165) is 13.0 Å². The van der Waals surface area contributed by atoms with Crippen LogP contribution in [0.2, 0.25) is 5.02 Å². The van der Waals surface area contributed by atoms with Crippen molar-refractivity contribution in [3.05, 3.63) is 11.2 Å². The highest BCUT2D eigenvalue weighted by Gasteiger charge is 2.03. The molecule has 5 nitrogen and oxygen atoms in total. The van der Waals surface area contributed by atoms with Crippen molar-refractivity contribution >= 4 is 23.4 Å². The molecule has 0 aliphatic heterocycles. The van der Waals surface area contributed by atoms with Gasteiger partial charge >= 0.3 is 0 Å². The summed E-state index contributed by atoms with van der Waals surface area (Å²) >= 11 is 6.01. The molecular formula is C14H26ClN5. The minimum Gasteiger partial charge on any atom is -0.369 e. The van der Waals surface area contributed by atoms with Gasteiger partial charge in [0.1, 0.15) is 5.02 Å². The molecule has 1 rings (SSSR count). The molecule has 114 valence electrons. The van der Waals surface area contributed by atoms with E-state index < -0.39 is 0 Å². The van der Waals surface area contributed by atoms with Gasteiger partial charge in [0.15, 0.2) is 5.82 Å². The van der Waals surface area contributed by atoms with E-state index in [4.69, 9.17) is 17.4 Å². The van der Waals surface area contributed by atoms with Gasteiger partial charge in [-0.1, -0.05) is 63.5 Å². The molecule has 0 atom stereocenters. The molecule has 0 radical (unpaired) electrons. The molecule has 20 heavy (non-hydrogen) atoms. The maximum Gasteiger partial charge on any atom is 0.239 e. The standard InChI is InChI=1S/C14H26ClN5/c1-2-3-4-5-6-7-8-9-10-17-13-12(15)11-18-14(19-13)20-16/h11H,2-10,16H2,1H3,(H2,17,18,19,20). The van der Waals surface area contributed by atoms with E-state index in [1.54, 1.807) is 6.20 Å². The largest absolute Gasteiger partial charge is 0.369 e. The molecule has 0 fully saturated rings. The molecule has 0 saturated heterocycles. The summed E-state index contributed by atoms with van der Waals surface area (Å²) in [7, 11) is 0. The normalized spacial score (nSPS) is 10.6. The highest BCUT2D eigenvalue weighted by atomic mass is 35.5. The highest BCUT2D eigenvalue weighted by Crippen LogP contribution is 2.19. The summed E-state index contributed by atoms with van der Waals surface area (Å²) in [6.45, 7) is 3.12. The molecule has 0 bridgehead atoms. The number of halogens is 1. The molecular weight excluding hydrogens is 274 g/mol. The summed E-state index contributed by atoms with van der Waals surface area (Å²) in [5.74, 6) is 6.27.